The lowest BCUT2D eigenvalue weighted by molar-refractivity contribution is 0.0524. The number of carbonyl (C=O) groups excluding carboxylic acids is 3. The SMILES string of the molecule is CCOC(=O)c1c(C)[nH]c(C(=O)N2CCN(c3ccc(C(C)=O)cc3)CC2)c1C. The number of benzene rings is 1. The molecule has 0 unspecified atom stereocenters. The van der Waals surface area contributed by atoms with E-state index < -0.39 is 5.97 Å². The molecule has 1 saturated heterocycles. The summed E-state index contributed by atoms with van der Waals surface area (Å²) in [5, 5.41) is 0. The number of hydrogen-bond acceptors (Lipinski definition) is 5. The molecule has 0 radical (unpaired) electrons. The number of aryl methyl sites for hydroxylation is 1. The van der Waals surface area contributed by atoms with Crippen molar-refractivity contribution in [1.29, 1.82) is 0 Å². The number of rotatable bonds is 5. The Kier molecular flexibility index (Phi) is 6.06. The molecule has 0 spiro atoms. The minimum atomic E-state index is -0.406. The molecule has 0 saturated carbocycles. The highest BCUT2D eigenvalue weighted by Gasteiger charge is 2.28. The highest BCUT2D eigenvalue weighted by molar-refractivity contribution is 6.00. The molecule has 0 atom stereocenters. The van der Waals surface area contributed by atoms with Gasteiger partial charge in [-0.2, -0.15) is 0 Å². The lowest BCUT2D eigenvalue weighted by Crippen LogP contribution is -2.49. The second kappa shape index (κ2) is 8.51. The number of hydrogen-bond donors (Lipinski definition) is 1. The number of esters is 1. The summed E-state index contributed by atoms with van der Waals surface area (Å²) < 4.78 is 5.10. The number of piperazine rings is 1. The van der Waals surface area contributed by atoms with Gasteiger partial charge in [0.05, 0.1) is 12.2 Å². The Balaban J connectivity index is 1.68. The van der Waals surface area contributed by atoms with Gasteiger partial charge in [0.25, 0.3) is 5.91 Å². The Morgan fingerprint density at radius 1 is 1.03 bits per heavy atom. The third-order valence-corrected chi connectivity index (χ3v) is 5.34. The van der Waals surface area contributed by atoms with Crippen molar-refractivity contribution in [2.75, 3.05) is 37.7 Å². The molecule has 7 heteroatoms. The number of aromatic nitrogens is 1. The first-order valence-corrected chi connectivity index (χ1v) is 9.85. The number of H-pyrrole nitrogens is 1. The summed E-state index contributed by atoms with van der Waals surface area (Å²) in [6.45, 7) is 9.73. The molecule has 154 valence electrons. The van der Waals surface area contributed by atoms with Crippen LogP contribution in [0.5, 0.6) is 0 Å². The van der Waals surface area contributed by atoms with E-state index in [1.807, 2.05) is 24.3 Å². The second-order valence-corrected chi connectivity index (χ2v) is 7.23. The predicted octanol–water partition coefficient (Wildman–Crippen LogP) is 2.97. The summed E-state index contributed by atoms with van der Waals surface area (Å²) in [6, 6.07) is 7.55. The summed E-state index contributed by atoms with van der Waals surface area (Å²) in [5.41, 5.74) is 3.90. The van der Waals surface area contributed by atoms with E-state index in [0.717, 1.165) is 5.69 Å². The minimum absolute atomic E-state index is 0.0470. The maximum absolute atomic E-state index is 13.0. The fraction of sp³-hybridized carbons (Fsp3) is 0.409. The molecule has 2 aromatic rings. The van der Waals surface area contributed by atoms with Crippen LogP contribution in [0.25, 0.3) is 0 Å². The average Bonchev–Trinajstić information content (AvgIpc) is 3.02. The predicted molar refractivity (Wildman–Crippen MR) is 111 cm³/mol. The van der Waals surface area contributed by atoms with Gasteiger partial charge in [0.1, 0.15) is 5.69 Å². The Bertz CT molecular complexity index is 922. The van der Waals surface area contributed by atoms with Crippen LogP contribution in [-0.4, -0.2) is 60.3 Å². The van der Waals surface area contributed by atoms with E-state index in [1.165, 1.54) is 0 Å². The molecule has 0 bridgehead atoms. The zero-order chi connectivity index (χ0) is 21.1. The van der Waals surface area contributed by atoms with Crippen molar-refractivity contribution in [3.05, 3.63) is 52.3 Å². The minimum Gasteiger partial charge on any atom is -0.462 e. The monoisotopic (exact) mass is 397 g/mol. The van der Waals surface area contributed by atoms with Crippen molar-refractivity contribution in [2.24, 2.45) is 0 Å². The fourth-order valence-electron chi connectivity index (χ4n) is 3.71. The van der Waals surface area contributed by atoms with Crippen molar-refractivity contribution in [3.63, 3.8) is 0 Å². The molecule has 1 fully saturated rings. The first-order valence-electron chi connectivity index (χ1n) is 9.85. The molecule has 0 aliphatic carbocycles. The standard InChI is InChI=1S/C22H27N3O4/c1-5-29-22(28)19-14(2)20(23-15(19)3)21(27)25-12-10-24(11-13-25)18-8-6-17(7-9-18)16(4)26/h6-9,23H,5,10-13H2,1-4H3. The van der Waals surface area contributed by atoms with Crippen molar-refractivity contribution in [2.45, 2.75) is 27.7 Å². The van der Waals surface area contributed by atoms with E-state index in [4.69, 9.17) is 4.74 Å². The number of anilines is 1. The van der Waals surface area contributed by atoms with Crippen LogP contribution in [0.3, 0.4) is 0 Å². The van der Waals surface area contributed by atoms with Gasteiger partial charge in [0, 0.05) is 43.1 Å². The maximum Gasteiger partial charge on any atom is 0.340 e. The number of carbonyl (C=O) groups is 3. The highest BCUT2D eigenvalue weighted by atomic mass is 16.5. The van der Waals surface area contributed by atoms with Crippen molar-refractivity contribution in [1.82, 2.24) is 9.88 Å². The lowest BCUT2D eigenvalue weighted by atomic mass is 10.1. The largest absolute Gasteiger partial charge is 0.462 e. The van der Waals surface area contributed by atoms with Crippen molar-refractivity contribution < 1.29 is 19.1 Å². The molecule has 29 heavy (non-hydrogen) atoms. The maximum atomic E-state index is 13.0. The molecule has 3 rings (SSSR count). The van der Waals surface area contributed by atoms with Crippen LogP contribution in [0, 0.1) is 13.8 Å². The smallest absolute Gasteiger partial charge is 0.340 e. The Hall–Kier alpha value is -3.09. The van der Waals surface area contributed by atoms with Gasteiger partial charge in [-0.25, -0.2) is 4.79 Å². The first kappa shape index (κ1) is 20.6. The number of ketones is 1. The Morgan fingerprint density at radius 3 is 2.21 bits per heavy atom. The van der Waals surface area contributed by atoms with Gasteiger partial charge >= 0.3 is 5.97 Å². The van der Waals surface area contributed by atoms with E-state index in [0.29, 0.717) is 60.9 Å². The van der Waals surface area contributed by atoms with Crippen LogP contribution in [0.2, 0.25) is 0 Å². The van der Waals surface area contributed by atoms with E-state index in [-0.39, 0.29) is 11.7 Å². The lowest BCUT2D eigenvalue weighted by Gasteiger charge is -2.36. The van der Waals surface area contributed by atoms with Crippen LogP contribution in [0.1, 0.15) is 56.3 Å². The number of nitrogens with one attached hydrogen (secondary N) is 1. The fourth-order valence-corrected chi connectivity index (χ4v) is 3.71. The van der Waals surface area contributed by atoms with Gasteiger partial charge in [0.15, 0.2) is 5.78 Å². The third-order valence-electron chi connectivity index (χ3n) is 5.34. The van der Waals surface area contributed by atoms with E-state index >= 15 is 0 Å². The topological polar surface area (TPSA) is 82.7 Å². The zero-order valence-electron chi connectivity index (χ0n) is 17.4. The summed E-state index contributed by atoms with van der Waals surface area (Å²) >= 11 is 0. The quantitative estimate of drug-likeness (QED) is 0.620. The average molecular weight is 397 g/mol. The molecular weight excluding hydrogens is 370 g/mol. The van der Waals surface area contributed by atoms with E-state index in [1.54, 1.807) is 32.6 Å². The molecule has 2 heterocycles. The van der Waals surface area contributed by atoms with Gasteiger partial charge in [-0.15, -0.1) is 0 Å². The molecule has 1 amide bonds. The molecule has 7 nitrogen and oxygen atoms in total. The molecule has 1 aliphatic rings. The normalized spacial score (nSPS) is 14.1. The van der Waals surface area contributed by atoms with Crippen LogP contribution in [0.15, 0.2) is 24.3 Å². The van der Waals surface area contributed by atoms with Crippen molar-refractivity contribution >= 4 is 23.3 Å². The molecular formula is C22H27N3O4. The van der Waals surface area contributed by atoms with Crippen LogP contribution in [-0.2, 0) is 4.74 Å². The molecule has 1 aromatic heterocycles. The van der Waals surface area contributed by atoms with Crippen LogP contribution >= 0.6 is 0 Å². The van der Waals surface area contributed by atoms with Gasteiger partial charge in [-0.05, 0) is 57.5 Å². The third kappa shape index (κ3) is 4.18. The first-order chi connectivity index (χ1) is 13.8. The van der Waals surface area contributed by atoms with Gasteiger partial charge in [-0.3, -0.25) is 9.59 Å². The van der Waals surface area contributed by atoms with E-state index in [9.17, 15) is 14.4 Å². The van der Waals surface area contributed by atoms with Gasteiger partial charge in [0.2, 0.25) is 0 Å². The number of aromatic amines is 1. The highest BCUT2D eigenvalue weighted by Crippen LogP contribution is 2.22. The molecule has 1 N–H and O–H groups in total. The van der Waals surface area contributed by atoms with Gasteiger partial charge < -0.3 is 19.5 Å². The number of ether oxygens (including phenoxy) is 1. The van der Waals surface area contributed by atoms with Crippen LogP contribution in [0.4, 0.5) is 5.69 Å². The zero-order valence-corrected chi connectivity index (χ0v) is 17.4. The Morgan fingerprint density at radius 2 is 1.66 bits per heavy atom. The second-order valence-electron chi connectivity index (χ2n) is 7.23. The van der Waals surface area contributed by atoms with Crippen molar-refractivity contribution in [3.8, 4) is 0 Å². The summed E-state index contributed by atoms with van der Waals surface area (Å²) in [7, 11) is 0. The molecule has 1 aromatic carbocycles. The summed E-state index contributed by atoms with van der Waals surface area (Å²) in [6.07, 6.45) is 0. The molecule has 1 aliphatic heterocycles. The van der Waals surface area contributed by atoms with Gasteiger partial charge in [-0.1, -0.05) is 0 Å². The number of nitrogens with zero attached hydrogens (tertiary/aromatic N) is 2. The van der Waals surface area contributed by atoms with E-state index in [2.05, 4.69) is 9.88 Å². The van der Waals surface area contributed by atoms with Crippen LogP contribution < -0.4 is 4.90 Å². The summed E-state index contributed by atoms with van der Waals surface area (Å²) in [4.78, 5) is 43.7. The number of amides is 1. The Labute approximate surface area is 170 Å². The summed E-state index contributed by atoms with van der Waals surface area (Å²) in [5.74, 6) is -0.463. The number of Topliss-reactive ketones (excluding diaryl/α,β-unsaturated/α-hetero) is 1.